The summed E-state index contributed by atoms with van der Waals surface area (Å²) in [6.45, 7) is 1.64. The minimum absolute atomic E-state index is 0.0827. The lowest BCUT2D eigenvalue weighted by Gasteiger charge is -2.01. The van der Waals surface area contributed by atoms with E-state index in [1.165, 1.54) is 6.20 Å². The average molecular weight is 185 g/mol. The molecule has 1 atom stereocenters. The van der Waals surface area contributed by atoms with Crippen molar-refractivity contribution in [2.45, 2.75) is 25.9 Å². The van der Waals surface area contributed by atoms with Crippen molar-refractivity contribution in [1.29, 1.82) is 0 Å². The number of aliphatic hydroxyl groups is 1. The van der Waals surface area contributed by atoms with Gasteiger partial charge in [-0.05, 0) is 24.7 Å². The van der Waals surface area contributed by atoms with Gasteiger partial charge in [0.25, 0.3) is 0 Å². The molecule has 13 heavy (non-hydrogen) atoms. The Morgan fingerprint density at radius 3 is 3.08 bits per heavy atom. The lowest BCUT2D eigenvalue weighted by molar-refractivity contribution is -0.390. The fourth-order valence-electron chi connectivity index (χ4n) is 1.01. The molecule has 0 unspecified atom stereocenters. The summed E-state index contributed by atoms with van der Waals surface area (Å²) < 4.78 is 0. The third-order valence-corrected chi connectivity index (χ3v) is 1.71. The molecule has 0 amide bonds. The Morgan fingerprint density at radius 1 is 1.85 bits per heavy atom. The van der Waals surface area contributed by atoms with Crippen LogP contribution in [-0.2, 0) is 6.42 Å². The maximum atomic E-state index is 10.4. The van der Waals surface area contributed by atoms with E-state index in [4.69, 9.17) is 5.11 Å². The molecule has 1 aromatic rings. The Morgan fingerprint density at radius 2 is 2.54 bits per heavy atom. The van der Waals surface area contributed by atoms with Crippen LogP contribution in [0.4, 0.5) is 5.82 Å². The van der Waals surface area contributed by atoms with Gasteiger partial charge in [-0.2, -0.15) is 0 Å². The molecule has 0 fully saturated rings. The molecule has 72 valence electrons. The molecule has 2 N–H and O–H groups in total. The minimum atomic E-state index is -0.510. The van der Waals surface area contributed by atoms with Crippen molar-refractivity contribution in [3.05, 3.63) is 21.9 Å². The summed E-state index contributed by atoms with van der Waals surface area (Å²) in [5, 5.41) is 25.3. The molecule has 6 nitrogen and oxygen atoms in total. The van der Waals surface area contributed by atoms with Gasteiger partial charge >= 0.3 is 5.82 Å². The van der Waals surface area contributed by atoms with Gasteiger partial charge in [-0.1, -0.05) is 5.10 Å². The number of aromatic nitrogens is 2. The highest BCUT2D eigenvalue weighted by Gasteiger charge is 2.14. The molecule has 0 aliphatic carbocycles. The van der Waals surface area contributed by atoms with Crippen LogP contribution in [0.3, 0.4) is 0 Å². The van der Waals surface area contributed by atoms with Crippen LogP contribution < -0.4 is 0 Å². The normalized spacial score (nSPS) is 12.8. The number of hydrogen-bond acceptors (Lipinski definition) is 4. The van der Waals surface area contributed by atoms with Crippen LogP contribution in [0.2, 0.25) is 0 Å². The highest BCUT2D eigenvalue weighted by Crippen LogP contribution is 2.15. The molecule has 0 saturated heterocycles. The number of H-pyrrole nitrogens is 1. The zero-order chi connectivity index (χ0) is 9.84. The number of nitro groups is 1. The summed E-state index contributed by atoms with van der Waals surface area (Å²) in [6.07, 6.45) is 1.93. The van der Waals surface area contributed by atoms with Gasteiger partial charge in [0.2, 0.25) is 0 Å². The summed E-state index contributed by atoms with van der Waals surface area (Å²) in [5.74, 6) is -0.0827. The van der Waals surface area contributed by atoms with E-state index in [1.807, 2.05) is 0 Å². The van der Waals surface area contributed by atoms with E-state index in [-0.39, 0.29) is 5.82 Å². The number of aryl methyl sites for hydroxylation is 1. The third-order valence-electron chi connectivity index (χ3n) is 1.71. The fourth-order valence-corrected chi connectivity index (χ4v) is 1.01. The average Bonchev–Trinajstić information content (AvgIpc) is 2.47. The number of rotatable bonds is 4. The Kier molecular flexibility index (Phi) is 2.97. The first-order valence-electron chi connectivity index (χ1n) is 3.96. The molecular weight excluding hydrogens is 174 g/mol. The smallest absolute Gasteiger partial charge is 0.345 e. The zero-order valence-corrected chi connectivity index (χ0v) is 7.23. The second kappa shape index (κ2) is 3.99. The molecule has 0 spiro atoms. The second-order valence-electron chi connectivity index (χ2n) is 2.89. The molecule has 0 aliphatic rings. The Bertz CT molecular complexity index is 295. The first-order valence-corrected chi connectivity index (χ1v) is 3.96. The van der Waals surface area contributed by atoms with Crippen molar-refractivity contribution in [2.75, 3.05) is 0 Å². The lowest BCUT2D eigenvalue weighted by Crippen LogP contribution is -2.02. The lowest BCUT2D eigenvalue weighted by atomic mass is 10.1. The SMILES string of the molecule is C[C@H](O)CCc1cn[nH]c1[N+](=O)[O-]. The number of hydrogen-bond donors (Lipinski definition) is 2. The van der Waals surface area contributed by atoms with Crippen molar-refractivity contribution in [3.8, 4) is 0 Å². The topological polar surface area (TPSA) is 92.1 Å². The van der Waals surface area contributed by atoms with Crippen molar-refractivity contribution >= 4 is 5.82 Å². The van der Waals surface area contributed by atoms with E-state index in [0.29, 0.717) is 18.4 Å². The van der Waals surface area contributed by atoms with E-state index in [0.717, 1.165) is 0 Å². The maximum absolute atomic E-state index is 10.4. The Balaban J connectivity index is 2.65. The molecule has 0 radical (unpaired) electrons. The third kappa shape index (κ3) is 2.51. The summed E-state index contributed by atoms with van der Waals surface area (Å²) in [4.78, 5) is 9.89. The van der Waals surface area contributed by atoms with Gasteiger partial charge in [0.05, 0.1) is 17.9 Å². The van der Waals surface area contributed by atoms with Crippen LogP contribution in [0, 0.1) is 10.1 Å². The standard InChI is InChI=1S/C7H11N3O3/c1-5(11)2-3-6-4-8-9-7(6)10(12)13/h4-5,11H,2-3H2,1H3,(H,8,9)/t5-/m0/s1. The molecule has 0 aromatic carbocycles. The van der Waals surface area contributed by atoms with Crippen molar-refractivity contribution < 1.29 is 10.0 Å². The van der Waals surface area contributed by atoms with E-state index in [2.05, 4.69) is 10.2 Å². The number of aliphatic hydroxyl groups excluding tert-OH is 1. The Labute approximate surface area is 74.7 Å². The van der Waals surface area contributed by atoms with Gasteiger partial charge in [-0.15, -0.1) is 5.10 Å². The van der Waals surface area contributed by atoms with Crippen LogP contribution in [0.1, 0.15) is 18.9 Å². The van der Waals surface area contributed by atoms with Gasteiger partial charge < -0.3 is 15.2 Å². The van der Waals surface area contributed by atoms with Gasteiger partial charge in [0, 0.05) is 0 Å². The molecule has 1 aromatic heterocycles. The molecular formula is C7H11N3O3. The predicted molar refractivity (Wildman–Crippen MR) is 45.2 cm³/mol. The monoisotopic (exact) mass is 185 g/mol. The maximum Gasteiger partial charge on any atom is 0.345 e. The van der Waals surface area contributed by atoms with Crippen LogP contribution in [0.5, 0.6) is 0 Å². The van der Waals surface area contributed by atoms with Crippen LogP contribution >= 0.6 is 0 Å². The van der Waals surface area contributed by atoms with Gasteiger partial charge in [-0.3, -0.25) is 0 Å². The molecule has 0 saturated carbocycles. The molecule has 0 bridgehead atoms. The van der Waals surface area contributed by atoms with Gasteiger partial charge in [0.1, 0.15) is 0 Å². The first-order chi connectivity index (χ1) is 6.11. The highest BCUT2D eigenvalue weighted by molar-refractivity contribution is 5.29. The quantitative estimate of drug-likeness (QED) is 0.531. The molecule has 0 aliphatic heterocycles. The summed E-state index contributed by atoms with van der Waals surface area (Å²) >= 11 is 0. The Hall–Kier alpha value is -1.43. The van der Waals surface area contributed by atoms with E-state index >= 15 is 0 Å². The first kappa shape index (κ1) is 9.66. The number of nitrogens with one attached hydrogen (secondary N) is 1. The molecule has 6 heteroatoms. The van der Waals surface area contributed by atoms with Gasteiger partial charge in [-0.25, -0.2) is 0 Å². The molecule has 1 rings (SSSR count). The second-order valence-corrected chi connectivity index (χ2v) is 2.89. The summed E-state index contributed by atoms with van der Waals surface area (Å²) in [6, 6.07) is 0. The summed E-state index contributed by atoms with van der Waals surface area (Å²) in [7, 11) is 0. The van der Waals surface area contributed by atoms with Crippen molar-refractivity contribution in [2.24, 2.45) is 0 Å². The minimum Gasteiger partial charge on any atom is -0.393 e. The summed E-state index contributed by atoms with van der Waals surface area (Å²) in [5.41, 5.74) is 0.533. The van der Waals surface area contributed by atoms with Crippen LogP contribution in [0.15, 0.2) is 6.20 Å². The number of aromatic amines is 1. The van der Waals surface area contributed by atoms with Crippen molar-refractivity contribution in [1.82, 2.24) is 10.2 Å². The van der Waals surface area contributed by atoms with E-state index in [9.17, 15) is 10.1 Å². The highest BCUT2D eigenvalue weighted by atomic mass is 16.6. The largest absolute Gasteiger partial charge is 0.393 e. The molecule has 1 heterocycles. The van der Waals surface area contributed by atoms with Crippen LogP contribution in [-0.4, -0.2) is 26.3 Å². The van der Waals surface area contributed by atoms with Crippen molar-refractivity contribution in [3.63, 3.8) is 0 Å². The fraction of sp³-hybridized carbons (Fsp3) is 0.571. The van der Waals surface area contributed by atoms with Gasteiger partial charge in [0.15, 0.2) is 0 Å². The van der Waals surface area contributed by atoms with Crippen LogP contribution in [0.25, 0.3) is 0 Å². The number of nitrogens with zero attached hydrogens (tertiary/aromatic N) is 2. The predicted octanol–water partition coefficient (Wildman–Crippen LogP) is 0.631. The van der Waals surface area contributed by atoms with E-state index < -0.39 is 11.0 Å². The zero-order valence-electron chi connectivity index (χ0n) is 7.23. The van der Waals surface area contributed by atoms with E-state index in [1.54, 1.807) is 6.92 Å².